The second-order valence-electron chi connectivity index (χ2n) is 4.94. The standard InChI is InChI=1S/C18H21NO4S/c1-3-22-18(21)15-12-19(10-11-24-4-2)13-16(17(15)20)23-14-8-6-5-7-9-14/h5-9,12-13H,3-4,10-11H2,1-2H3. The number of para-hydroxylation sites is 1. The molecule has 2 rings (SSSR count). The Morgan fingerprint density at radius 2 is 1.92 bits per heavy atom. The lowest BCUT2D eigenvalue weighted by Crippen LogP contribution is -2.21. The summed E-state index contributed by atoms with van der Waals surface area (Å²) in [6.07, 6.45) is 3.17. The molecule has 0 aliphatic heterocycles. The van der Waals surface area contributed by atoms with Gasteiger partial charge in [-0.3, -0.25) is 4.79 Å². The summed E-state index contributed by atoms with van der Waals surface area (Å²) in [4.78, 5) is 24.6. The van der Waals surface area contributed by atoms with E-state index in [1.54, 1.807) is 41.6 Å². The Hall–Kier alpha value is -2.21. The maximum absolute atomic E-state index is 12.5. The Bertz CT molecular complexity index is 728. The summed E-state index contributed by atoms with van der Waals surface area (Å²) in [5.41, 5.74) is -0.469. The summed E-state index contributed by atoms with van der Waals surface area (Å²) in [7, 11) is 0. The molecule has 0 atom stereocenters. The number of pyridine rings is 1. The largest absolute Gasteiger partial charge is 0.462 e. The van der Waals surface area contributed by atoms with E-state index in [-0.39, 0.29) is 17.9 Å². The van der Waals surface area contributed by atoms with Crippen molar-refractivity contribution in [3.8, 4) is 11.5 Å². The number of hydrogen-bond donors (Lipinski definition) is 0. The van der Waals surface area contributed by atoms with E-state index in [2.05, 4.69) is 6.92 Å². The number of benzene rings is 1. The van der Waals surface area contributed by atoms with Crippen LogP contribution in [0, 0.1) is 0 Å². The lowest BCUT2D eigenvalue weighted by molar-refractivity contribution is 0.0523. The highest BCUT2D eigenvalue weighted by molar-refractivity contribution is 7.99. The zero-order valence-electron chi connectivity index (χ0n) is 13.9. The van der Waals surface area contributed by atoms with Crippen LogP contribution < -0.4 is 10.2 Å². The van der Waals surface area contributed by atoms with Crippen LogP contribution in [-0.2, 0) is 11.3 Å². The van der Waals surface area contributed by atoms with Gasteiger partial charge >= 0.3 is 5.97 Å². The van der Waals surface area contributed by atoms with Crippen molar-refractivity contribution >= 4 is 17.7 Å². The van der Waals surface area contributed by atoms with Gasteiger partial charge in [0.25, 0.3) is 0 Å². The fraction of sp³-hybridized carbons (Fsp3) is 0.333. The van der Waals surface area contributed by atoms with Gasteiger partial charge in [-0.25, -0.2) is 4.79 Å². The lowest BCUT2D eigenvalue weighted by Gasteiger charge is -2.12. The number of aromatic nitrogens is 1. The molecule has 0 aliphatic carbocycles. The summed E-state index contributed by atoms with van der Waals surface area (Å²) in [6, 6.07) is 9.02. The third kappa shape index (κ3) is 4.89. The lowest BCUT2D eigenvalue weighted by atomic mass is 10.2. The van der Waals surface area contributed by atoms with Crippen molar-refractivity contribution in [2.75, 3.05) is 18.1 Å². The monoisotopic (exact) mass is 347 g/mol. The van der Waals surface area contributed by atoms with E-state index in [1.165, 1.54) is 6.20 Å². The Morgan fingerprint density at radius 3 is 2.58 bits per heavy atom. The minimum atomic E-state index is -0.627. The molecule has 1 aromatic heterocycles. The minimum Gasteiger partial charge on any atom is -0.462 e. The normalized spacial score (nSPS) is 10.4. The highest BCUT2D eigenvalue weighted by Crippen LogP contribution is 2.18. The maximum atomic E-state index is 12.5. The van der Waals surface area contributed by atoms with Crippen molar-refractivity contribution in [3.05, 3.63) is 58.5 Å². The van der Waals surface area contributed by atoms with Crippen LogP contribution in [0.5, 0.6) is 11.5 Å². The van der Waals surface area contributed by atoms with E-state index < -0.39 is 11.4 Å². The molecule has 1 aromatic carbocycles. The summed E-state index contributed by atoms with van der Waals surface area (Å²) >= 11 is 1.79. The average Bonchev–Trinajstić information content (AvgIpc) is 2.59. The minimum absolute atomic E-state index is 0.00761. The molecule has 0 unspecified atom stereocenters. The van der Waals surface area contributed by atoms with Crippen LogP contribution in [0.1, 0.15) is 24.2 Å². The molecule has 0 N–H and O–H groups in total. The molecule has 0 radical (unpaired) electrons. The van der Waals surface area contributed by atoms with Gasteiger partial charge < -0.3 is 14.0 Å². The molecule has 0 fully saturated rings. The van der Waals surface area contributed by atoms with E-state index in [0.29, 0.717) is 12.3 Å². The van der Waals surface area contributed by atoms with Crippen LogP contribution >= 0.6 is 11.8 Å². The van der Waals surface area contributed by atoms with Crippen LogP contribution in [0.15, 0.2) is 47.5 Å². The molecule has 0 bridgehead atoms. The highest BCUT2D eigenvalue weighted by Gasteiger charge is 2.17. The van der Waals surface area contributed by atoms with Crippen molar-refractivity contribution < 1.29 is 14.3 Å². The third-order valence-corrected chi connectivity index (χ3v) is 4.09. The zero-order valence-corrected chi connectivity index (χ0v) is 14.7. The van der Waals surface area contributed by atoms with Crippen molar-refractivity contribution in [3.63, 3.8) is 0 Å². The predicted octanol–water partition coefficient (Wildman–Crippen LogP) is 3.57. The second-order valence-corrected chi connectivity index (χ2v) is 6.33. The first-order valence-corrected chi connectivity index (χ1v) is 9.03. The van der Waals surface area contributed by atoms with Gasteiger partial charge in [-0.2, -0.15) is 11.8 Å². The number of hydrogen-bond acceptors (Lipinski definition) is 5. The molecule has 2 aromatic rings. The van der Waals surface area contributed by atoms with Gasteiger partial charge in [-0.1, -0.05) is 25.1 Å². The quantitative estimate of drug-likeness (QED) is 0.540. The van der Waals surface area contributed by atoms with Crippen LogP contribution in [0.4, 0.5) is 0 Å². The van der Waals surface area contributed by atoms with Gasteiger partial charge in [-0.15, -0.1) is 0 Å². The summed E-state index contributed by atoms with van der Waals surface area (Å²) in [5, 5.41) is 0. The van der Waals surface area contributed by atoms with Crippen LogP contribution in [0.25, 0.3) is 0 Å². The molecule has 24 heavy (non-hydrogen) atoms. The zero-order chi connectivity index (χ0) is 17.4. The number of thioether (sulfide) groups is 1. The summed E-state index contributed by atoms with van der Waals surface area (Å²) in [5.74, 6) is 1.93. The molecule has 0 spiro atoms. The molecule has 1 heterocycles. The maximum Gasteiger partial charge on any atom is 0.343 e. The Labute approximate surface area is 145 Å². The van der Waals surface area contributed by atoms with Crippen LogP contribution in [0.3, 0.4) is 0 Å². The first kappa shape index (κ1) is 18.1. The highest BCUT2D eigenvalue weighted by atomic mass is 32.2. The van der Waals surface area contributed by atoms with E-state index in [4.69, 9.17) is 9.47 Å². The third-order valence-electron chi connectivity index (χ3n) is 3.21. The van der Waals surface area contributed by atoms with E-state index in [1.807, 2.05) is 18.2 Å². The fourth-order valence-electron chi connectivity index (χ4n) is 2.09. The number of carbonyl (C=O) groups excluding carboxylic acids is 1. The van der Waals surface area contributed by atoms with Gasteiger partial charge in [0.15, 0.2) is 5.75 Å². The average molecular weight is 347 g/mol. The van der Waals surface area contributed by atoms with Crippen LogP contribution in [-0.4, -0.2) is 28.6 Å². The number of aryl methyl sites for hydroxylation is 1. The first-order valence-electron chi connectivity index (χ1n) is 7.87. The molecule has 0 aliphatic rings. The molecule has 6 heteroatoms. The SMILES string of the molecule is CCOC(=O)c1cn(CCSCC)cc(Oc2ccccc2)c1=O. The van der Waals surface area contributed by atoms with Gasteiger partial charge in [0.2, 0.25) is 5.43 Å². The number of ether oxygens (including phenoxy) is 2. The summed E-state index contributed by atoms with van der Waals surface area (Å²) in [6.45, 7) is 4.69. The van der Waals surface area contributed by atoms with E-state index in [9.17, 15) is 9.59 Å². The van der Waals surface area contributed by atoms with Crippen molar-refractivity contribution in [1.29, 1.82) is 0 Å². The Balaban J connectivity index is 2.36. The Kier molecular flexibility index (Phi) is 6.93. The topological polar surface area (TPSA) is 57.5 Å². The molecule has 5 nitrogen and oxygen atoms in total. The van der Waals surface area contributed by atoms with Crippen molar-refractivity contribution in [1.82, 2.24) is 4.57 Å². The first-order chi connectivity index (χ1) is 11.7. The predicted molar refractivity (Wildman–Crippen MR) is 96.2 cm³/mol. The van der Waals surface area contributed by atoms with E-state index in [0.717, 1.165) is 11.5 Å². The van der Waals surface area contributed by atoms with Gasteiger partial charge in [0.1, 0.15) is 11.3 Å². The Morgan fingerprint density at radius 1 is 1.17 bits per heavy atom. The number of nitrogens with zero attached hydrogens (tertiary/aromatic N) is 1. The smallest absolute Gasteiger partial charge is 0.343 e. The number of esters is 1. The summed E-state index contributed by atoms with van der Waals surface area (Å²) < 4.78 is 12.5. The van der Waals surface area contributed by atoms with Crippen molar-refractivity contribution in [2.24, 2.45) is 0 Å². The van der Waals surface area contributed by atoms with Gasteiger partial charge in [-0.05, 0) is 24.8 Å². The molecular formula is C18H21NO4S. The molecular weight excluding hydrogens is 326 g/mol. The van der Waals surface area contributed by atoms with Crippen LogP contribution in [0.2, 0.25) is 0 Å². The number of rotatable bonds is 8. The van der Waals surface area contributed by atoms with Gasteiger partial charge in [0.05, 0.1) is 12.8 Å². The number of carbonyl (C=O) groups is 1. The molecule has 128 valence electrons. The van der Waals surface area contributed by atoms with Gasteiger partial charge in [0, 0.05) is 18.5 Å². The fourth-order valence-corrected chi connectivity index (χ4v) is 2.72. The molecule has 0 saturated heterocycles. The van der Waals surface area contributed by atoms with Crippen molar-refractivity contribution in [2.45, 2.75) is 20.4 Å². The van der Waals surface area contributed by atoms with E-state index >= 15 is 0 Å². The molecule has 0 amide bonds. The second kappa shape index (κ2) is 9.17. The molecule has 0 saturated carbocycles.